The normalized spacial score (nSPS) is 23.8. The molecule has 0 bridgehead atoms. The number of hydrogen-bond donors (Lipinski definition) is 1. The molecule has 0 amide bonds. The van der Waals surface area contributed by atoms with Gasteiger partial charge in [-0.3, -0.25) is 14.5 Å². The predicted octanol–water partition coefficient (Wildman–Crippen LogP) is 1.03. The summed E-state index contributed by atoms with van der Waals surface area (Å²) in [4.78, 5) is 7.47. The molecular weight excluding hydrogens is 314 g/mol. The van der Waals surface area contributed by atoms with Gasteiger partial charge in [0.1, 0.15) is 0 Å². The molecule has 3 heterocycles. The van der Waals surface area contributed by atoms with Crippen molar-refractivity contribution in [2.45, 2.75) is 46.4 Å². The van der Waals surface area contributed by atoms with E-state index in [1.54, 1.807) is 0 Å². The first-order chi connectivity index (χ1) is 12.0. The minimum absolute atomic E-state index is 0.148. The largest absolute Gasteiger partial charge is 0.392 e. The fourth-order valence-electron chi connectivity index (χ4n) is 3.98. The molecule has 2 saturated heterocycles. The van der Waals surface area contributed by atoms with Crippen LogP contribution in [0.25, 0.3) is 0 Å². The second-order valence-electron chi connectivity index (χ2n) is 8.22. The van der Waals surface area contributed by atoms with Gasteiger partial charge >= 0.3 is 0 Å². The van der Waals surface area contributed by atoms with Crippen LogP contribution in [0, 0.1) is 12.8 Å². The second-order valence-corrected chi connectivity index (χ2v) is 8.22. The lowest BCUT2D eigenvalue weighted by Gasteiger charge is -2.35. The van der Waals surface area contributed by atoms with E-state index in [4.69, 9.17) is 5.10 Å². The van der Waals surface area contributed by atoms with E-state index in [-0.39, 0.29) is 6.10 Å². The zero-order chi connectivity index (χ0) is 17.8. The first kappa shape index (κ1) is 18.8. The van der Waals surface area contributed by atoms with Crippen LogP contribution in [0.1, 0.15) is 31.5 Å². The molecule has 0 radical (unpaired) electrons. The van der Waals surface area contributed by atoms with Gasteiger partial charge in [-0.15, -0.1) is 0 Å². The molecule has 2 aliphatic heterocycles. The third kappa shape index (κ3) is 5.51. The lowest BCUT2D eigenvalue weighted by atomic mass is 10.2. The van der Waals surface area contributed by atoms with Gasteiger partial charge in [-0.1, -0.05) is 13.8 Å². The minimum Gasteiger partial charge on any atom is -0.392 e. The van der Waals surface area contributed by atoms with E-state index < -0.39 is 0 Å². The van der Waals surface area contributed by atoms with Crippen molar-refractivity contribution in [1.29, 1.82) is 0 Å². The van der Waals surface area contributed by atoms with Crippen LogP contribution < -0.4 is 0 Å². The third-order valence-electron chi connectivity index (χ3n) is 5.42. The molecule has 0 saturated carbocycles. The van der Waals surface area contributed by atoms with Crippen LogP contribution >= 0.6 is 0 Å². The number of hydrogen-bond acceptors (Lipinski definition) is 5. The second kappa shape index (κ2) is 8.62. The summed E-state index contributed by atoms with van der Waals surface area (Å²) >= 11 is 0. The highest BCUT2D eigenvalue weighted by atomic mass is 16.3. The molecule has 1 aromatic rings. The smallest absolute Gasteiger partial charge is 0.0679 e. The Morgan fingerprint density at radius 3 is 2.44 bits per heavy atom. The highest BCUT2D eigenvalue weighted by Gasteiger charge is 2.21. The fraction of sp³-hybridized carbons (Fsp3) is 0.842. The Morgan fingerprint density at radius 2 is 1.80 bits per heavy atom. The van der Waals surface area contributed by atoms with Crippen molar-refractivity contribution in [3.05, 3.63) is 17.5 Å². The fourth-order valence-corrected chi connectivity index (χ4v) is 3.98. The summed E-state index contributed by atoms with van der Waals surface area (Å²) in [5.74, 6) is 0.758. The number of piperazine rings is 1. The zero-order valence-electron chi connectivity index (χ0n) is 16.2. The van der Waals surface area contributed by atoms with Crippen LogP contribution in [0.3, 0.4) is 0 Å². The first-order valence-corrected chi connectivity index (χ1v) is 9.87. The molecule has 1 atom stereocenters. The number of nitrogens with zero attached hydrogens (tertiary/aromatic N) is 5. The molecule has 142 valence electrons. The highest BCUT2D eigenvalue weighted by molar-refractivity contribution is 5.15. The molecule has 6 nitrogen and oxygen atoms in total. The van der Waals surface area contributed by atoms with Gasteiger partial charge in [0.2, 0.25) is 0 Å². The monoisotopic (exact) mass is 349 g/mol. The molecule has 6 heteroatoms. The van der Waals surface area contributed by atoms with Crippen molar-refractivity contribution in [2.24, 2.45) is 5.92 Å². The number of aryl methyl sites for hydroxylation is 1. The van der Waals surface area contributed by atoms with E-state index in [1.807, 2.05) is 0 Å². The predicted molar refractivity (Wildman–Crippen MR) is 101 cm³/mol. The summed E-state index contributed by atoms with van der Waals surface area (Å²) < 4.78 is 2.11. The zero-order valence-corrected chi connectivity index (χ0v) is 16.2. The van der Waals surface area contributed by atoms with E-state index >= 15 is 0 Å². The quantitative estimate of drug-likeness (QED) is 0.797. The SMILES string of the molecule is Cc1nn(CCN2CCN(CC(C)C)CC2)cc1CN1CCC(O)C1. The molecular formula is C19H35N5O. The van der Waals surface area contributed by atoms with E-state index in [0.717, 1.165) is 50.8 Å². The van der Waals surface area contributed by atoms with Gasteiger partial charge < -0.3 is 10.0 Å². The summed E-state index contributed by atoms with van der Waals surface area (Å²) in [5, 5.41) is 14.4. The van der Waals surface area contributed by atoms with Crippen LogP contribution in [-0.4, -0.2) is 88.0 Å². The minimum atomic E-state index is -0.148. The Kier molecular flexibility index (Phi) is 6.49. The van der Waals surface area contributed by atoms with E-state index in [1.165, 1.54) is 38.3 Å². The Morgan fingerprint density at radius 1 is 1.08 bits per heavy atom. The molecule has 1 aromatic heterocycles. The number of aromatic nitrogens is 2. The average molecular weight is 350 g/mol. The number of likely N-dealkylation sites (tertiary alicyclic amines) is 1. The summed E-state index contributed by atoms with van der Waals surface area (Å²) in [7, 11) is 0. The van der Waals surface area contributed by atoms with Crippen molar-refractivity contribution < 1.29 is 5.11 Å². The van der Waals surface area contributed by atoms with Crippen LogP contribution in [0.4, 0.5) is 0 Å². The maximum Gasteiger partial charge on any atom is 0.0679 e. The number of aliphatic hydroxyl groups is 1. The van der Waals surface area contributed by atoms with Crippen molar-refractivity contribution >= 4 is 0 Å². The Labute approximate surface area is 152 Å². The molecule has 0 spiro atoms. The summed E-state index contributed by atoms with van der Waals surface area (Å²) in [6.45, 7) is 17.4. The number of β-amino-alcohol motifs (C(OH)–C–C–N with tert-alkyl or cyclic N) is 1. The Bertz CT molecular complexity index is 536. The summed E-state index contributed by atoms with van der Waals surface area (Å²) in [6, 6.07) is 0. The summed E-state index contributed by atoms with van der Waals surface area (Å²) in [5.41, 5.74) is 2.43. The van der Waals surface area contributed by atoms with Gasteiger partial charge in [0, 0.05) is 70.7 Å². The van der Waals surface area contributed by atoms with Crippen molar-refractivity contribution in [3.63, 3.8) is 0 Å². The molecule has 25 heavy (non-hydrogen) atoms. The number of aliphatic hydroxyl groups excluding tert-OH is 1. The van der Waals surface area contributed by atoms with Crippen LogP contribution in [0.5, 0.6) is 0 Å². The van der Waals surface area contributed by atoms with E-state index in [0.29, 0.717) is 0 Å². The molecule has 0 aliphatic carbocycles. The maximum atomic E-state index is 9.68. The first-order valence-electron chi connectivity index (χ1n) is 9.87. The van der Waals surface area contributed by atoms with Gasteiger partial charge in [-0.25, -0.2) is 0 Å². The lowest BCUT2D eigenvalue weighted by molar-refractivity contribution is 0.118. The molecule has 3 rings (SSSR count). The standard InChI is InChI=1S/C19H35N5O/c1-16(2)12-22-8-6-21(7-9-22)10-11-24-14-18(17(3)20-24)13-23-5-4-19(25)15-23/h14,16,19,25H,4-13,15H2,1-3H3. The Balaban J connectivity index is 1.42. The van der Waals surface area contributed by atoms with Gasteiger partial charge in [0.15, 0.2) is 0 Å². The van der Waals surface area contributed by atoms with Crippen molar-refractivity contribution in [1.82, 2.24) is 24.5 Å². The maximum absolute atomic E-state index is 9.68. The van der Waals surface area contributed by atoms with Crippen molar-refractivity contribution in [3.8, 4) is 0 Å². The van der Waals surface area contributed by atoms with Crippen LogP contribution in [-0.2, 0) is 13.1 Å². The summed E-state index contributed by atoms with van der Waals surface area (Å²) in [6.07, 6.45) is 2.95. The van der Waals surface area contributed by atoms with Gasteiger partial charge in [-0.2, -0.15) is 5.10 Å². The highest BCUT2D eigenvalue weighted by Crippen LogP contribution is 2.15. The molecule has 1 unspecified atom stereocenters. The van der Waals surface area contributed by atoms with Gasteiger partial charge in [-0.05, 0) is 19.3 Å². The average Bonchev–Trinajstić information content (AvgIpc) is 3.12. The number of rotatable bonds is 7. The molecule has 2 fully saturated rings. The third-order valence-corrected chi connectivity index (χ3v) is 5.42. The van der Waals surface area contributed by atoms with Crippen LogP contribution in [0.2, 0.25) is 0 Å². The van der Waals surface area contributed by atoms with Crippen molar-refractivity contribution in [2.75, 3.05) is 52.4 Å². The molecule has 1 N–H and O–H groups in total. The Hall–Kier alpha value is -0.950. The topological polar surface area (TPSA) is 47.8 Å². The molecule has 2 aliphatic rings. The van der Waals surface area contributed by atoms with Gasteiger partial charge in [0.05, 0.1) is 18.3 Å². The molecule has 0 aromatic carbocycles. The van der Waals surface area contributed by atoms with Gasteiger partial charge in [0.25, 0.3) is 0 Å². The van der Waals surface area contributed by atoms with Crippen LogP contribution in [0.15, 0.2) is 6.20 Å². The van der Waals surface area contributed by atoms with E-state index in [2.05, 4.69) is 46.3 Å². The lowest BCUT2D eigenvalue weighted by Crippen LogP contribution is -2.48. The van der Waals surface area contributed by atoms with E-state index in [9.17, 15) is 5.11 Å².